The summed E-state index contributed by atoms with van der Waals surface area (Å²) in [4.78, 5) is 1.53. The van der Waals surface area contributed by atoms with Gasteiger partial charge in [-0.1, -0.05) is 13.3 Å². The van der Waals surface area contributed by atoms with Crippen LogP contribution in [-0.2, 0) is 6.42 Å². The number of hydrogen-bond donors (Lipinski definition) is 1. The summed E-state index contributed by atoms with van der Waals surface area (Å²) in [7, 11) is 0. The van der Waals surface area contributed by atoms with Crippen molar-refractivity contribution in [3.63, 3.8) is 0 Å². The van der Waals surface area contributed by atoms with Crippen LogP contribution in [0.4, 0.5) is 0 Å². The van der Waals surface area contributed by atoms with Crippen LogP contribution in [0, 0.1) is 17.8 Å². The molecule has 0 amide bonds. The maximum absolute atomic E-state index is 3.85. The molecule has 2 fully saturated rings. The van der Waals surface area contributed by atoms with Crippen LogP contribution in [0.5, 0.6) is 0 Å². The van der Waals surface area contributed by atoms with Crippen LogP contribution >= 0.6 is 27.3 Å². The zero-order chi connectivity index (χ0) is 13.2. The first-order valence-corrected chi connectivity index (χ1v) is 9.39. The Morgan fingerprint density at radius 2 is 2.32 bits per heavy atom. The third kappa shape index (κ3) is 3.25. The molecule has 2 aliphatic carbocycles. The molecule has 106 valence electrons. The molecule has 0 radical (unpaired) electrons. The van der Waals surface area contributed by atoms with Crippen molar-refractivity contribution < 1.29 is 0 Å². The Morgan fingerprint density at radius 1 is 1.42 bits per heavy atom. The molecular weight excluding hydrogens is 318 g/mol. The van der Waals surface area contributed by atoms with Crippen molar-refractivity contribution in [2.75, 3.05) is 6.54 Å². The Hall–Kier alpha value is 0.140. The third-order valence-corrected chi connectivity index (χ3v) is 6.73. The predicted octanol–water partition coefficient (Wildman–Crippen LogP) is 4.86. The molecule has 2 aliphatic rings. The number of rotatable bonds is 6. The topological polar surface area (TPSA) is 12.0 Å². The molecule has 1 aromatic heterocycles. The van der Waals surface area contributed by atoms with Crippen molar-refractivity contribution in [1.29, 1.82) is 0 Å². The van der Waals surface area contributed by atoms with Gasteiger partial charge in [0, 0.05) is 20.8 Å². The van der Waals surface area contributed by atoms with Gasteiger partial charge in [0.1, 0.15) is 0 Å². The Labute approximate surface area is 129 Å². The molecule has 0 spiro atoms. The lowest BCUT2D eigenvalue weighted by atomic mass is 9.81. The number of thiophene rings is 1. The van der Waals surface area contributed by atoms with E-state index in [0.717, 1.165) is 17.8 Å². The zero-order valence-electron chi connectivity index (χ0n) is 11.7. The van der Waals surface area contributed by atoms with E-state index in [2.05, 4.69) is 39.6 Å². The van der Waals surface area contributed by atoms with Crippen molar-refractivity contribution in [2.45, 2.75) is 51.5 Å². The van der Waals surface area contributed by atoms with E-state index in [1.54, 1.807) is 0 Å². The van der Waals surface area contributed by atoms with E-state index in [1.807, 2.05) is 11.3 Å². The molecule has 4 unspecified atom stereocenters. The maximum atomic E-state index is 3.85. The minimum atomic E-state index is 0.709. The Balaban J connectivity index is 1.66. The number of fused-ring (bicyclic) bond motifs is 2. The molecule has 3 heteroatoms. The van der Waals surface area contributed by atoms with Gasteiger partial charge in [-0.15, -0.1) is 11.3 Å². The van der Waals surface area contributed by atoms with Gasteiger partial charge < -0.3 is 5.32 Å². The van der Waals surface area contributed by atoms with Crippen molar-refractivity contribution in [3.8, 4) is 0 Å². The van der Waals surface area contributed by atoms with Crippen molar-refractivity contribution in [3.05, 3.63) is 20.8 Å². The highest BCUT2D eigenvalue weighted by Gasteiger charge is 2.42. The van der Waals surface area contributed by atoms with E-state index in [9.17, 15) is 0 Å². The average Bonchev–Trinajstić information content (AvgIpc) is 3.10. The van der Waals surface area contributed by atoms with E-state index < -0.39 is 0 Å². The molecule has 0 aliphatic heterocycles. The van der Waals surface area contributed by atoms with E-state index in [0.29, 0.717) is 6.04 Å². The highest BCUT2D eigenvalue weighted by Crippen LogP contribution is 2.50. The molecule has 1 nitrogen and oxygen atoms in total. The second kappa shape index (κ2) is 6.28. The number of hydrogen-bond acceptors (Lipinski definition) is 2. The van der Waals surface area contributed by atoms with Gasteiger partial charge in [0.25, 0.3) is 0 Å². The fourth-order valence-corrected chi connectivity index (χ4v) is 5.68. The fourth-order valence-electron chi connectivity index (χ4n) is 4.17. The SMILES string of the molecule is CCCNC(Cc1cc(Br)cs1)C1CC2CCC1C2. The summed E-state index contributed by atoms with van der Waals surface area (Å²) in [5.74, 6) is 3.00. The Bertz CT molecular complexity index is 417. The van der Waals surface area contributed by atoms with E-state index in [4.69, 9.17) is 0 Å². The maximum Gasteiger partial charge on any atom is 0.0285 e. The Kier molecular flexibility index (Phi) is 4.66. The molecular formula is C16H24BrNS. The van der Waals surface area contributed by atoms with Gasteiger partial charge in [0.15, 0.2) is 0 Å². The third-order valence-electron chi connectivity index (χ3n) is 5.01. The van der Waals surface area contributed by atoms with Crippen LogP contribution in [0.15, 0.2) is 15.9 Å². The van der Waals surface area contributed by atoms with Crippen LogP contribution in [0.3, 0.4) is 0 Å². The summed E-state index contributed by atoms with van der Waals surface area (Å²) in [5.41, 5.74) is 0. The van der Waals surface area contributed by atoms with E-state index >= 15 is 0 Å². The predicted molar refractivity (Wildman–Crippen MR) is 86.7 cm³/mol. The van der Waals surface area contributed by atoms with Gasteiger partial charge in [-0.3, -0.25) is 0 Å². The quantitative estimate of drug-likeness (QED) is 0.779. The van der Waals surface area contributed by atoms with Crippen molar-refractivity contribution >= 4 is 27.3 Å². The summed E-state index contributed by atoms with van der Waals surface area (Å²) < 4.78 is 1.25. The van der Waals surface area contributed by atoms with Crippen LogP contribution in [-0.4, -0.2) is 12.6 Å². The standard InChI is InChI=1S/C16H24BrNS/c1-2-5-18-16(9-14-8-13(17)10-19-14)15-7-11-3-4-12(15)6-11/h8,10-12,15-16,18H,2-7,9H2,1H3. The van der Waals surface area contributed by atoms with Gasteiger partial charge in [-0.05, 0) is 78.4 Å². The first-order valence-electron chi connectivity index (χ1n) is 7.72. The highest BCUT2D eigenvalue weighted by molar-refractivity contribution is 9.10. The first kappa shape index (κ1) is 14.1. The molecule has 2 saturated carbocycles. The van der Waals surface area contributed by atoms with Crippen LogP contribution < -0.4 is 5.32 Å². The molecule has 0 saturated heterocycles. The van der Waals surface area contributed by atoms with E-state index in [-0.39, 0.29) is 0 Å². The van der Waals surface area contributed by atoms with Crippen LogP contribution in [0.1, 0.15) is 43.9 Å². The molecule has 3 rings (SSSR count). The average molecular weight is 342 g/mol. The molecule has 0 aromatic carbocycles. The summed E-state index contributed by atoms with van der Waals surface area (Å²) in [5, 5.41) is 6.06. The van der Waals surface area contributed by atoms with Gasteiger partial charge >= 0.3 is 0 Å². The molecule has 2 bridgehead atoms. The van der Waals surface area contributed by atoms with Crippen molar-refractivity contribution in [1.82, 2.24) is 5.32 Å². The lowest BCUT2D eigenvalue weighted by Crippen LogP contribution is -2.40. The first-order chi connectivity index (χ1) is 9.26. The summed E-state index contributed by atoms with van der Waals surface area (Å²) in [6.07, 6.45) is 8.47. The zero-order valence-corrected chi connectivity index (χ0v) is 14.1. The lowest BCUT2D eigenvalue weighted by Gasteiger charge is -2.31. The summed E-state index contributed by atoms with van der Waals surface area (Å²) in [6, 6.07) is 3.01. The van der Waals surface area contributed by atoms with Crippen LogP contribution in [0.25, 0.3) is 0 Å². The Morgan fingerprint density at radius 3 is 2.89 bits per heavy atom. The molecule has 19 heavy (non-hydrogen) atoms. The van der Waals surface area contributed by atoms with Crippen LogP contribution in [0.2, 0.25) is 0 Å². The van der Waals surface area contributed by atoms with Crippen molar-refractivity contribution in [2.24, 2.45) is 17.8 Å². The van der Waals surface area contributed by atoms with Gasteiger partial charge in [0.05, 0.1) is 0 Å². The summed E-state index contributed by atoms with van der Waals surface area (Å²) in [6.45, 7) is 3.44. The van der Waals surface area contributed by atoms with Gasteiger partial charge in [-0.2, -0.15) is 0 Å². The second-order valence-electron chi connectivity index (χ2n) is 6.33. The number of nitrogens with one attached hydrogen (secondary N) is 1. The molecule has 1 N–H and O–H groups in total. The largest absolute Gasteiger partial charge is 0.313 e. The monoisotopic (exact) mass is 341 g/mol. The van der Waals surface area contributed by atoms with Gasteiger partial charge in [-0.25, -0.2) is 0 Å². The minimum absolute atomic E-state index is 0.709. The molecule has 1 aromatic rings. The fraction of sp³-hybridized carbons (Fsp3) is 0.750. The van der Waals surface area contributed by atoms with E-state index in [1.165, 1.54) is 54.4 Å². The molecule has 4 atom stereocenters. The van der Waals surface area contributed by atoms with Gasteiger partial charge in [0.2, 0.25) is 0 Å². The number of halogens is 1. The second-order valence-corrected chi connectivity index (χ2v) is 8.25. The summed E-state index contributed by atoms with van der Waals surface area (Å²) >= 11 is 5.48. The molecule has 1 heterocycles. The lowest BCUT2D eigenvalue weighted by molar-refractivity contribution is 0.247. The minimum Gasteiger partial charge on any atom is -0.313 e. The highest BCUT2D eigenvalue weighted by atomic mass is 79.9. The smallest absolute Gasteiger partial charge is 0.0285 e. The normalized spacial score (nSPS) is 30.9.